The van der Waals surface area contributed by atoms with Crippen molar-refractivity contribution in [3.63, 3.8) is 0 Å². The van der Waals surface area contributed by atoms with Crippen molar-refractivity contribution in [1.82, 2.24) is 0 Å². The highest BCUT2D eigenvalue weighted by molar-refractivity contribution is 6.04. The average Bonchev–Trinajstić information content (AvgIpc) is 2.59. The van der Waals surface area contributed by atoms with Crippen LogP contribution >= 0.6 is 0 Å². The fourth-order valence-electron chi connectivity index (χ4n) is 2.02. The quantitative estimate of drug-likeness (QED) is 0.760. The maximum Gasteiger partial charge on any atom is 0.255 e. The van der Waals surface area contributed by atoms with Gasteiger partial charge >= 0.3 is 0 Å². The van der Waals surface area contributed by atoms with Crippen LogP contribution in [-0.2, 0) is 0 Å². The average molecular weight is 327 g/mol. The Bertz CT molecular complexity index is 633. The second kappa shape index (κ2) is 8.96. The smallest absolute Gasteiger partial charge is 0.255 e. The first-order valence-electron chi connectivity index (χ1n) is 8.35. The van der Waals surface area contributed by atoms with Gasteiger partial charge in [0.2, 0.25) is 0 Å². The summed E-state index contributed by atoms with van der Waals surface area (Å²) in [4.78, 5) is 12.3. The number of carbonyl (C=O) groups excluding carboxylic acids is 1. The number of rotatable bonds is 8. The third-order valence-corrected chi connectivity index (χ3v) is 3.28. The minimum absolute atomic E-state index is 0.145. The van der Waals surface area contributed by atoms with Crippen molar-refractivity contribution in [1.29, 1.82) is 0 Å². The van der Waals surface area contributed by atoms with Gasteiger partial charge < -0.3 is 14.8 Å². The Morgan fingerprint density at radius 1 is 0.958 bits per heavy atom. The third kappa shape index (κ3) is 5.61. The van der Waals surface area contributed by atoms with Crippen LogP contribution in [-0.4, -0.2) is 19.1 Å². The molecule has 0 bridgehead atoms. The largest absolute Gasteiger partial charge is 0.494 e. The molecule has 1 amide bonds. The number of carbonyl (C=O) groups is 1. The first-order valence-corrected chi connectivity index (χ1v) is 8.35. The van der Waals surface area contributed by atoms with Crippen molar-refractivity contribution in [2.45, 2.75) is 27.2 Å². The molecule has 0 aliphatic rings. The minimum atomic E-state index is -0.145. The summed E-state index contributed by atoms with van der Waals surface area (Å²) in [5.41, 5.74) is 1.34. The van der Waals surface area contributed by atoms with E-state index in [2.05, 4.69) is 26.1 Å². The minimum Gasteiger partial charge on any atom is -0.494 e. The molecule has 0 fully saturated rings. The summed E-state index contributed by atoms with van der Waals surface area (Å²) in [7, 11) is 0. The van der Waals surface area contributed by atoms with Gasteiger partial charge in [0, 0.05) is 11.3 Å². The summed E-state index contributed by atoms with van der Waals surface area (Å²) in [6.45, 7) is 7.62. The zero-order valence-electron chi connectivity index (χ0n) is 14.5. The van der Waals surface area contributed by atoms with Crippen LogP contribution in [0, 0.1) is 5.92 Å². The lowest BCUT2D eigenvalue weighted by molar-refractivity contribution is 0.102. The molecule has 0 saturated heterocycles. The van der Waals surface area contributed by atoms with E-state index in [-0.39, 0.29) is 5.91 Å². The summed E-state index contributed by atoms with van der Waals surface area (Å²) in [5.74, 6) is 1.92. The molecule has 0 unspecified atom stereocenters. The van der Waals surface area contributed by atoms with E-state index >= 15 is 0 Å². The monoisotopic (exact) mass is 327 g/mol. The number of hydrogen-bond donors (Lipinski definition) is 1. The molecule has 4 heteroatoms. The summed E-state index contributed by atoms with van der Waals surface area (Å²) in [6, 6.07) is 14.6. The predicted octanol–water partition coefficient (Wildman–Crippen LogP) is 4.76. The van der Waals surface area contributed by atoms with Gasteiger partial charge in [0.05, 0.1) is 13.2 Å². The molecule has 0 atom stereocenters. The Morgan fingerprint density at radius 3 is 2.12 bits per heavy atom. The molecular weight excluding hydrogens is 302 g/mol. The lowest BCUT2D eigenvalue weighted by Gasteiger charge is -2.10. The van der Waals surface area contributed by atoms with Crippen molar-refractivity contribution in [2.75, 3.05) is 18.5 Å². The van der Waals surface area contributed by atoms with Crippen LogP contribution in [0.25, 0.3) is 0 Å². The number of anilines is 1. The molecule has 2 rings (SSSR count). The maximum absolute atomic E-state index is 12.3. The SMILES string of the molecule is CCCOc1ccc(C(=O)Nc2ccc(OCC(C)C)cc2)cc1. The number of benzene rings is 2. The normalized spacial score (nSPS) is 10.5. The number of nitrogens with one attached hydrogen (secondary N) is 1. The molecule has 0 aromatic heterocycles. The Morgan fingerprint density at radius 2 is 1.54 bits per heavy atom. The molecule has 0 spiro atoms. The second-order valence-electron chi connectivity index (χ2n) is 6.06. The van der Waals surface area contributed by atoms with Crippen molar-refractivity contribution in [3.8, 4) is 11.5 Å². The Balaban J connectivity index is 1.91. The van der Waals surface area contributed by atoms with Crippen LogP contribution in [0.15, 0.2) is 48.5 Å². The Labute approximate surface area is 143 Å². The molecule has 2 aromatic rings. The van der Waals surface area contributed by atoms with Crippen LogP contribution < -0.4 is 14.8 Å². The van der Waals surface area contributed by atoms with Crippen molar-refractivity contribution in [2.24, 2.45) is 5.92 Å². The maximum atomic E-state index is 12.3. The summed E-state index contributed by atoms with van der Waals surface area (Å²) >= 11 is 0. The highest BCUT2D eigenvalue weighted by Crippen LogP contribution is 2.18. The Hall–Kier alpha value is -2.49. The van der Waals surface area contributed by atoms with E-state index in [0.717, 1.165) is 23.6 Å². The zero-order valence-corrected chi connectivity index (χ0v) is 14.5. The van der Waals surface area contributed by atoms with E-state index in [1.54, 1.807) is 12.1 Å². The summed E-state index contributed by atoms with van der Waals surface area (Å²) < 4.78 is 11.1. The van der Waals surface area contributed by atoms with Gasteiger partial charge in [-0.25, -0.2) is 0 Å². The topological polar surface area (TPSA) is 47.6 Å². The zero-order chi connectivity index (χ0) is 17.4. The van der Waals surface area contributed by atoms with E-state index < -0.39 is 0 Å². The van der Waals surface area contributed by atoms with Crippen LogP contribution in [0.1, 0.15) is 37.6 Å². The number of hydrogen-bond acceptors (Lipinski definition) is 3. The third-order valence-electron chi connectivity index (χ3n) is 3.28. The molecule has 0 saturated carbocycles. The van der Waals surface area contributed by atoms with Gasteiger partial charge in [-0.1, -0.05) is 20.8 Å². The predicted molar refractivity (Wildman–Crippen MR) is 97.0 cm³/mol. The molecule has 0 radical (unpaired) electrons. The highest BCUT2D eigenvalue weighted by Gasteiger charge is 2.07. The molecule has 2 aromatic carbocycles. The fourth-order valence-corrected chi connectivity index (χ4v) is 2.02. The fraction of sp³-hybridized carbons (Fsp3) is 0.350. The van der Waals surface area contributed by atoms with Gasteiger partial charge in [0.1, 0.15) is 11.5 Å². The van der Waals surface area contributed by atoms with Crippen LogP contribution in [0.3, 0.4) is 0 Å². The van der Waals surface area contributed by atoms with Crippen LogP contribution in [0.2, 0.25) is 0 Å². The van der Waals surface area contributed by atoms with Gasteiger partial charge in [-0.3, -0.25) is 4.79 Å². The molecule has 0 aliphatic heterocycles. The molecule has 24 heavy (non-hydrogen) atoms. The van der Waals surface area contributed by atoms with Crippen LogP contribution in [0.5, 0.6) is 11.5 Å². The lowest BCUT2D eigenvalue weighted by Crippen LogP contribution is -2.11. The van der Waals surface area contributed by atoms with E-state index in [4.69, 9.17) is 9.47 Å². The van der Waals surface area contributed by atoms with E-state index in [9.17, 15) is 4.79 Å². The molecule has 1 N–H and O–H groups in total. The number of ether oxygens (including phenoxy) is 2. The summed E-state index contributed by atoms with van der Waals surface area (Å²) in [5, 5.41) is 2.88. The molecular formula is C20H25NO3. The van der Waals surface area contributed by atoms with Gasteiger partial charge in [0.15, 0.2) is 0 Å². The first-order chi connectivity index (χ1) is 11.6. The van der Waals surface area contributed by atoms with Gasteiger partial charge in [-0.15, -0.1) is 0 Å². The van der Waals surface area contributed by atoms with Crippen molar-refractivity contribution in [3.05, 3.63) is 54.1 Å². The molecule has 0 heterocycles. The van der Waals surface area contributed by atoms with E-state index in [0.29, 0.717) is 24.7 Å². The van der Waals surface area contributed by atoms with E-state index in [1.165, 1.54) is 0 Å². The van der Waals surface area contributed by atoms with Crippen LogP contribution in [0.4, 0.5) is 5.69 Å². The van der Waals surface area contributed by atoms with Gasteiger partial charge in [-0.05, 0) is 60.9 Å². The molecule has 4 nitrogen and oxygen atoms in total. The van der Waals surface area contributed by atoms with Gasteiger partial charge in [-0.2, -0.15) is 0 Å². The van der Waals surface area contributed by atoms with Crippen molar-refractivity contribution >= 4 is 11.6 Å². The molecule has 128 valence electrons. The second-order valence-corrected chi connectivity index (χ2v) is 6.06. The summed E-state index contributed by atoms with van der Waals surface area (Å²) in [6.07, 6.45) is 0.957. The van der Waals surface area contributed by atoms with E-state index in [1.807, 2.05) is 36.4 Å². The number of amides is 1. The highest BCUT2D eigenvalue weighted by atomic mass is 16.5. The first kappa shape index (κ1) is 17.9. The lowest BCUT2D eigenvalue weighted by atomic mass is 10.2. The molecule has 0 aliphatic carbocycles. The standard InChI is InChI=1S/C20H25NO3/c1-4-13-23-18-9-5-16(6-10-18)20(22)21-17-7-11-19(12-8-17)24-14-15(2)3/h5-12,15H,4,13-14H2,1-3H3,(H,21,22). The van der Waals surface area contributed by atoms with Crippen molar-refractivity contribution < 1.29 is 14.3 Å². The van der Waals surface area contributed by atoms with Gasteiger partial charge in [0.25, 0.3) is 5.91 Å². The Kier molecular flexibility index (Phi) is 6.67.